The van der Waals surface area contributed by atoms with Gasteiger partial charge in [0.1, 0.15) is 12.1 Å². The van der Waals surface area contributed by atoms with Crippen LogP contribution in [0.3, 0.4) is 0 Å². The van der Waals surface area contributed by atoms with Crippen LogP contribution in [0.5, 0.6) is 0 Å². The Morgan fingerprint density at radius 2 is 1.95 bits per heavy atom. The van der Waals surface area contributed by atoms with Crippen LogP contribution in [0.2, 0.25) is 0 Å². The molecule has 1 saturated heterocycles. The third-order valence-corrected chi connectivity index (χ3v) is 4.04. The number of carbonyl (C=O) groups excluding carboxylic acids is 2. The van der Waals surface area contributed by atoms with Gasteiger partial charge in [-0.15, -0.1) is 0 Å². The third kappa shape index (κ3) is 3.42. The summed E-state index contributed by atoms with van der Waals surface area (Å²) in [5.41, 5.74) is 8.01. The molecule has 1 aliphatic heterocycles. The number of likely N-dealkylation sites (tertiary alicyclic amines) is 1. The summed E-state index contributed by atoms with van der Waals surface area (Å²) < 4.78 is 0. The van der Waals surface area contributed by atoms with Crippen LogP contribution in [0.25, 0.3) is 0 Å². The highest BCUT2D eigenvalue weighted by Gasteiger charge is 2.34. The zero-order chi connectivity index (χ0) is 15.4. The number of piperidine rings is 1. The van der Waals surface area contributed by atoms with Gasteiger partial charge in [-0.3, -0.25) is 9.59 Å². The fraction of sp³-hybridized carbons (Fsp3) is 0.500. The smallest absolute Gasteiger partial charge is 0.244 e. The molecule has 0 bridgehead atoms. The van der Waals surface area contributed by atoms with Crippen molar-refractivity contribution in [3.63, 3.8) is 0 Å². The molecule has 0 aromatic heterocycles. The van der Waals surface area contributed by atoms with E-state index in [2.05, 4.69) is 5.32 Å². The Labute approximate surface area is 125 Å². The summed E-state index contributed by atoms with van der Waals surface area (Å²) in [5.74, 6) is -0.286. The Kier molecular flexibility index (Phi) is 4.96. The Balaban J connectivity index is 2.16. The van der Waals surface area contributed by atoms with Crippen molar-refractivity contribution in [2.45, 2.75) is 38.3 Å². The number of hydrogen-bond donors (Lipinski definition) is 2. The molecule has 2 amide bonds. The molecule has 1 heterocycles. The van der Waals surface area contributed by atoms with E-state index in [0.29, 0.717) is 13.0 Å². The average Bonchev–Trinajstić information content (AvgIpc) is 2.53. The fourth-order valence-electron chi connectivity index (χ4n) is 2.73. The molecule has 5 nitrogen and oxygen atoms in total. The molecular weight excluding hydrogens is 266 g/mol. The summed E-state index contributed by atoms with van der Waals surface area (Å²) in [6, 6.07) is 6.51. The molecule has 0 spiro atoms. The average molecular weight is 289 g/mol. The SMILES string of the molecule is CNC(=O)C1CCCCN1C(=O)C(N)c1ccc(C)cc1. The second kappa shape index (κ2) is 6.72. The topological polar surface area (TPSA) is 75.4 Å². The molecule has 2 atom stereocenters. The molecule has 114 valence electrons. The number of carbonyl (C=O) groups is 2. The largest absolute Gasteiger partial charge is 0.357 e. The number of nitrogens with zero attached hydrogens (tertiary/aromatic N) is 1. The number of nitrogens with one attached hydrogen (secondary N) is 1. The number of nitrogens with two attached hydrogens (primary N) is 1. The lowest BCUT2D eigenvalue weighted by Crippen LogP contribution is -2.53. The van der Waals surface area contributed by atoms with Gasteiger partial charge in [0.25, 0.3) is 0 Å². The predicted molar refractivity (Wildman–Crippen MR) is 81.5 cm³/mol. The number of hydrogen-bond acceptors (Lipinski definition) is 3. The van der Waals surface area contributed by atoms with Crippen molar-refractivity contribution in [2.75, 3.05) is 13.6 Å². The van der Waals surface area contributed by atoms with Crippen molar-refractivity contribution in [1.82, 2.24) is 10.2 Å². The molecule has 5 heteroatoms. The predicted octanol–water partition coefficient (Wildman–Crippen LogP) is 1.12. The van der Waals surface area contributed by atoms with E-state index in [4.69, 9.17) is 5.73 Å². The molecular formula is C16H23N3O2. The third-order valence-electron chi connectivity index (χ3n) is 4.04. The molecule has 0 radical (unpaired) electrons. The van der Waals surface area contributed by atoms with Gasteiger partial charge in [-0.05, 0) is 31.7 Å². The highest BCUT2D eigenvalue weighted by atomic mass is 16.2. The van der Waals surface area contributed by atoms with Crippen LogP contribution in [-0.2, 0) is 9.59 Å². The summed E-state index contributed by atoms with van der Waals surface area (Å²) in [7, 11) is 1.60. The molecule has 21 heavy (non-hydrogen) atoms. The highest BCUT2D eigenvalue weighted by molar-refractivity contribution is 5.90. The summed E-state index contributed by atoms with van der Waals surface area (Å²) in [4.78, 5) is 26.2. The van der Waals surface area contributed by atoms with E-state index in [1.54, 1.807) is 11.9 Å². The summed E-state index contributed by atoms with van der Waals surface area (Å²) in [5, 5.41) is 2.63. The Hall–Kier alpha value is -1.88. The standard InChI is InChI=1S/C16H23N3O2/c1-11-6-8-12(9-7-11)14(17)16(21)19-10-4-3-5-13(19)15(20)18-2/h6-9,13-14H,3-5,10,17H2,1-2H3,(H,18,20). The van der Waals surface area contributed by atoms with Gasteiger partial charge in [-0.1, -0.05) is 29.8 Å². The molecule has 2 unspecified atom stereocenters. The molecule has 1 aliphatic rings. The van der Waals surface area contributed by atoms with Crippen LogP contribution in [-0.4, -0.2) is 36.3 Å². The molecule has 0 aliphatic carbocycles. The second-order valence-corrected chi connectivity index (χ2v) is 5.55. The van der Waals surface area contributed by atoms with Gasteiger partial charge >= 0.3 is 0 Å². The van der Waals surface area contributed by atoms with Crippen molar-refractivity contribution < 1.29 is 9.59 Å². The van der Waals surface area contributed by atoms with Crippen molar-refractivity contribution in [3.05, 3.63) is 35.4 Å². The zero-order valence-corrected chi connectivity index (χ0v) is 12.6. The van der Waals surface area contributed by atoms with Crippen LogP contribution >= 0.6 is 0 Å². The van der Waals surface area contributed by atoms with Crippen molar-refractivity contribution in [3.8, 4) is 0 Å². The minimum absolute atomic E-state index is 0.112. The van der Waals surface area contributed by atoms with Gasteiger partial charge < -0.3 is 16.0 Å². The zero-order valence-electron chi connectivity index (χ0n) is 12.6. The van der Waals surface area contributed by atoms with Gasteiger partial charge in [-0.2, -0.15) is 0 Å². The van der Waals surface area contributed by atoms with Crippen LogP contribution in [0.4, 0.5) is 0 Å². The van der Waals surface area contributed by atoms with Crippen LogP contribution in [0, 0.1) is 6.92 Å². The van der Waals surface area contributed by atoms with Crippen LogP contribution < -0.4 is 11.1 Å². The number of likely N-dealkylation sites (N-methyl/N-ethyl adjacent to an activating group) is 1. The van der Waals surface area contributed by atoms with Gasteiger partial charge in [0.2, 0.25) is 11.8 Å². The maximum absolute atomic E-state index is 12.6. The van der Waals surface area contributed by atoms with Gasteiger partial charge in [-0.25, -0.2) is 0 Å². The summed E-state index contributed by atoms with van der Waals surface area (Å²) in [6.07, 6.45) is 2.58. The maximum Gasteiger partial charge on any atom is 0.244 e. The number of rotatable bonds is 3. The molecule has 3 N–H and O–H groups in total. The number of amides is 2. The van der Waals surface area contributed by atoms with E-state index >= 15 is 0 Å². The lowest BCUT2D eigenvalue weighted by Gasteiger charge is -2.36. The van der Waals surface area contributed by atoms with E-state index < -0.39 is 12.1 Å². The molecule has 1 fully saturated rings. The molecule has 1 aromatic rings. The minimum atomic E-state index is -0.712. The van der Waals surface area contributed by atoms with Crippen LogP contribution in [0.15, 0.2) is 24.3 Å². The minimum Gasteiger partial charge on any atom is -0.357 e. The van der Waals surface area contributed by atoms with E-state index in [1.807, 2.05) is 31.2 Å². The monoisotopic (exact) mass is 289 g/mol. The van der Waals surface area contributed by atoms with E-state index in [9.17, 15) is 9.59 Å². The molecule has 0 saturated carbocycles. The fourth-order valence-corrected chi connectivity index (χ4v) is 2.73. The number of aryl methyl sites for hydroxylation is 1. The Bertz CT molecular complexity index is 513. The first-order valence-corrected chi connectivity index (χ1v) is 7.39. The van der Waals surface area contributed by atoms with Gasteiger partial charge in [0.05, 0.1) is 0 Å². The summed E-state index contributed by atoms with van der Waals surface area (Å²) >= 11 is 0. The van der Waals surface area contributed by atoms with E-state index in [1.165, 1.54) is 0 Å². The van der Waals surface area contributed by atoms with Crippen molar-refractivity contribution >= 4 is 11.8 Å². The normalized spacial score (nSPS) is 20.0. The van der Waals surface area contributed by atoms with Gasteiger partial charge in [0, 0.05) is 13.6 Å². The lowest BCUT2D eigenvalue weighted by molar-refractivity contribution is -0.143. The van der Waals surface area contributed by atoms with Crippen molar-refractivity contribution in [2.24, 2.45) is 5.73 Å². The van der Waals surface area contributed by atoms with Crippen LogP contribution in [0.1, 0.15) is 36.4 Å². The quantitative estimate of drug-likeness (QED) is 0.875. The first-order valence-electron chi connectivity index (χ1n) is 7.39. The summed E-state index contributed by atoms with van der Waals surface area (Å²) in [6.45, 7) is 2.58. The first kappa shape index (κ1) is 15.5. The second-order valence-electron chi connectivity index (χ2n) is 5.55. The highest BCUT2D eigenvalue weighted by Crippen LogP contribution is 2.22. The molecule has 2 rings (SSSR count). The van der Waals surface area contributed by atoms with Crippen molar-refractivity contribution in [1.29, 1.82) is 0 Å². The number of benzene rings is 1. The Morgan fingerprint density at radius 3 is 2.57 bits per heavy atom. The van der Waals surface area contributed by atoms with Gasteiger partial charge in [0.15, 0.2) is 0 Å². The lowest BCUT2D eigenvalue weighted by atomic mass is 9.98. The Morgan fingerprint density at radius 1 is 1.29 bits per heavy atom. The maximum atomic E-state index is 12.6. The van der Waals surface area contributed by atoms with E-state index in [0.717, 1.165) is 24.0 Å². The first-order chi connectivity index (χ1) is 10.0. The molecule has 1 aromatic carbocycles. The van der Waals surface area contributed by atoms with E-state index in [-0.39, 0.29) is 11.8 Å².